The number of carbonyl (C=O) groups excluding carboxylic acids is 3. The van der Waals surface area contributed by atoms with Crippen molar-refractivity contribution in [3.63, 3.8) is 0 Å². The van der Waals surface area contributed by atoms with Crippen LogP contribution in [0.4, 0.5) is 33.9 Å². The molecular weight excluding hydrogens is 794 g/mol. The van der Waals surface area contributed by atoms with Crippen LogP contribution in [-0.4, -0.2) is 105 Å². The standard InChI is InChI=1S/C38H46FN9O5.C2HF3O2/c1-38(2,3)53-37(51)42-22-24-4-7-27(8-5-24)35(49)48(29-12-9-26(10-13-29)34-43-45-46-44-34)36(50)32(40)21-25-6-14-30(31(39)20-25)28-11-15-33(41-23-28)47-16-18-52-19-17-47;3-2(4,5)1(6)7/h6,9-15,20,23-24,27,32H,4-5,7-8,16-19,21-22,40H2,1-3H3,(H,42,51)(H,43,44,45,46);(H,6,7)/t24-,27-,32-;/m0./s1. The molecule has 2 aromatic heterocycles. The van der Waals surface area contributed by atoms with Gasteiger partial charge in [0.05, 0.1) is 24.9 Å². The Kier molecular flexibility index (Phi) is 14.9. The number of alkyl halides is 3. The van der Waals surface area contributed by atoms with Gasteiger partial charge in [-0.3, -0.25) is 9.59 Å². The van der Waals surface area contributed by atoms with Crippen molar-refractivity contribution < 1.29 is 51.3 Å². The number of carboxylic acid groups (broad SMARTS) is 1. The van der Waals surface area contributed by atoms with Gasteiger partial charge in [0, 0.05) is 48.4 Å². The molecule has 2 fully saturated rings. The number of H-pyrrole nitrogens is 1. The number of rotatable bonds is 10. The Labute approximate surface area is 342 Å². The molecule has 3 heterocycles. The summed E-state index contributed by atoms with van der Waals surface area (Å²) < 4.78 is 58.0. The van der Waals surface area contributed by atoms with Crippen molar-refractivity contribution >= 4 is 35.4 Å². The van der Waals surface area contributed by atoms with Gasteiger partial charge in [-0.2, -0.15) is 18.4 Å². The normalized spacial score (nSPS) is 17.4. The number of halogens is 4. The van der Waals surface area contributed by atoms with Gasteiger partial charge in [0.2, 0.25) is 11.7 Å². The highest BCUT2D eigenvalue weighted by molar-refractivity contribution is 6.17. The summed E-state index contributed by atoms with van der Waals surface area (Å²) in [7, 11) is 0. The summed E-state index contributed by atoms with van der Waals surface area (Å²) in [6, 6.07) is 14.0. The largest absolute Gasteiger partial charge is 0.490 e. The minimum Gasteiger partial charge on any atom is -0.475 e. The van der Waals surface area contributed by atoms with E-state index in [2.05, 4.69) is 35.8 Å². The lowest BCUT2D eigenvalue weighted by Crippen LogP contribution is -2.50. The van der Waals surface area contributed by atoms with E-state index in [0.717, 1.165) is 23.8 Å². The molecule has 6 rings (SSSR count). The van der Waals surface area contributed by atoms with Crippen LogP contribution in [0.25, 0.3) is 22.5 Å². The highest BCUT2D eigenvalue weighted by Gasteiger charge is 2.38. The fourth-order valence-electron chi connectivity index (χ4n) is 6.70. The van der Waals surface area contributed by atoms with Crippen LogP contribution in [0, 0.1) is 17.7 Å². The van der Waals surface area contributed by atoms with Gasteiger partial charge in [0.15, 0.2) is 0 Å². The van der Waals surface area contributed by atoms with Crippen molar-refractivity contribution in [2.45, 2.75) is 70.7 Å². The van der Waals surface area contributed by atoms with Crippen LogP contribution in [0.15, 0.2) is 60.8 Å². The summed E-state index contributed by atoms with van der Waals surface area (Å²) in [6.45, 7) is 8.63. The topological polar surface area (TPSA) is 219 Å². The number of pyridine rings is 1. The molecule has 0 unspecified atom stereocenters. The van der Waals surface area contributed by atoms with E-state index in [-0.39, 0.29) is 18.2 Å². The fraction of sp³-hybridized carbons (Fsp3) is 0.450. The van der Waals surface area contributed by atoms with Crippen molar-refractivity contribution in [1.82, 2.24) is 30.9 Å². The third kappa shape index (κ3) is 12.5. The van der Waals surface area contributed by atoms with Gasteiger partial charge in [0.25, 0.3) is 5.91 Å². The Bertz CT molecular complexity index is 2070. The summed E-state index contributed by atoms with van der Waals surface area (Å²) in [5.74, 6) is -3.26. The molecule has 1 aliphatic heterocycles. The molecule has 0 spiro atoms. The lowest BCUT2D eigenvalue weighted by Gasteiger charge is -2.32. The minimum absolute atomic E-state index is 0.0120. The molecule has 4 aromatic rings. The van der Waals surface area contributed by atoms with Gasteiger partial charge < -0.3 is 30.5 Å². The van der Waals surface area contributed by atoms with Gasteiger partial charge in [-0.15, -0.1) is 10.2 Å². The van der Waals surface area contributed by atoms with Gasteiger partial charge in [-0.1, -0.05) is 12.1 Å². The third-order valence-electron chi connectivity index (χ3n) is 9.74. The monoisotopic (exact) mass is 841 g/mol. The second-order valence-corrected chi connectivity index (χ2v) is 15.3. The van der Waals surface area contributed by atoms with E-state index in [9.17, 15) is 27.6 Å². The molecule has 3 amide bonds. The Balaban J connectivity index is 0.000000896. The van der Waals surface area contributed by atoms with Crippen LogP contribution in [0.1, 0.15) is 52.0 Å². The molecule has 16 nitrogen and oxygen atoms in total. The van der Waals surface area contributed by atoms with Gasteiger partial charge in [-0.25, -0.2) is 23.9 Å². The SMILES string of the molecule is CC(C)(C)OC(=O)NC[C@H]1CC[C@H](C(=O)N(C(=O)[C@@H](N)Cc2ccc(-c3ccc(N4CCOCC4)nc3)c(F)c2)c2ccc(-c3nn[nH]n3)cc2)CC1.O=C(O)C(F)(F)F. The number of aliphatic carboxylic acids is 1. The zero-order valence-electron chi connectivity index (χ0n) is 33.2. The molecular formula is C40H47F4N9O7. The number of benzene rings is 2. The van der Waals surface area contributed by atoms with Crippen LogP contribution in [0.2, 0.25) is 0 Å². The first-order chi connectivity index (χ1) is 28.4. The molecule has 322 valence electrons. The lowest BCUT2D eigenvalue weighted by molar-refractivity contribution is -0.192. The number of anilines is 2. The van der Waals surface area contributed by atoms with E-state index in [0.29, 0.717) is 79.2 Å². The number of alkyl carbamates (subject to hydrolysis) is 1. The summed E-state index contributed by atoms with van der Waals surface area (Å²) in [5.41, 5.74) is 8.43. The Hall–Kier alpha value is -6.02. The number of hydrogen-bond acceptors (Lipinski definition) is 12. The highest BCUT2D eigenvalue weighted by Crippen LogP contribution is 2.33. The van der Waals surface area contributed by atoms with Crippen LogP contribution < -0.4 is 20.9 Å². The van der Waals surface area contributed by atoms with Gasteiger partial charge in [-0.05, 0) is 112 Å². The number of hydrogen-bond donors (Lipinski definition) is 4. The first-order valence-corrected chi connectivity index (χ1v) is 19.2. The van der Waals surface area contributed by atoms with E-state index in [4.69, 9.17) is 25.1 Å². The number of nitrogens with two attached hydrogens (primary N) is 1. The second-order valence-electron chi connectivity index (χ2n) is 15.3. The number of tetrazole rings is 1. The molecule has 0 bridgehead atoms. The molecule has 2 aliphatic rings. The van der Waals surface area contributed by atoms with E-state index in [1.54, 1.807) is 63.4 Å². The lowest BCUT2D eigenvalue weighted by atomic mass is 9.81. The molecule has 1 saturated heterocycles. The number of nitrogens with one attached hydrogen (secondary N) is 2. The molecule has 20 heteroatoms. The number of ether oxygens (including phenoxy) is 2. The number of nitrogens with zero attached hydrogens (tertiary/aromatic N) is 6. The smallest absolute Gasteiger partial charge is 0.475 e. The molecule has 2 aromatic carbocycles. The number of imide groups is 1. The minimum atomic E-state index is -5.08. The average Bonchev–Trinajstić information content (AvgIpc) is 3.76. The average molecular weight is 842 g/mol. The summed E-state index contributed by atoms with van der Waals surface area (Å²) in [6.07, 6.45) is -1.45. The quantitative estimate of drug-likeness (QED) is 0.149. The maximum atomic E-state index is 15.5. The van der Waals surface area contributed by atoms with Gasteiger partial charge >= 0.3 is 18.2 Å². The summed E-state index contributed by atoms with van der Waals surface area (Å²) >= 11 is 0. The molecule has 1 atom stereocenters. The van der Waals surface area contributed by atoms with Crippen molar-refractivity contribution in [2.75, 3.05) is 42.6 Å². The van der Waals surface area contributed by atoms with E-state index < -0.39 is 47.5 Å². The third-order valence-corrected chi connectivity index (χ3v) is 9.74. The number of aromatic nitrogens is 5. The van der Waals surface area contributed by atoms with Gasteiger partial charge in [0.1, 0.15) is 17.2 Å². The summed E-state index contributed by atoms with van der Waals surface area (Å²) in [5, 5.41) is 24.0. The van der Waals surface area contributed by atoms with Crippen LogP contribution in [0.5, 0.6) is 0 Å². The van der Waals surface area contributed by atoms with Crippen molar-refractivity contribution in [1.29, 1.82) is 0 Å². The maximum absolute atomic E-state index is 15.5. The summed E-state index contributed by atoms with van der Waals surface area (Å²) in [4.78, 5) is 57.1. The number of carboxylic acids is 1. The highest BCUT2D eigenvalue weighted by atomic mass is 19.4. The van der Waals surface area contributed by atoms with E-state index >= 15 is 4.39 Å². The maximum Gasteiger partial charge on any atom is 0.490 e. The Morgan fingerprint density at radius 1 is 1.00 bits per heavy atom. The number of aromatic amines is 1. The Morgan fingerprint density at radius 3 is 2.20 bits per heavy atom. The zero-order chi connectivity index (χ0) is 43.6. The first kappa shape index (κ1) is 45.1. The molecule has 0 radical (unpaired) electrons. The fourth-order valence-corrected chi connectivity index (χ4v) is 6.70. The number of morpholine rings is 1. The van der Waals surface area contributed by atoms with Crippen LogP contribution >= 0.6 is 0 Å². The van der Waals surface area contributed by atoms with Crippen LogP contribution in [-0.2, 0) is 30.3 Å². The van der Waals surface area contributed by atoms with Crippen molar-refractivity contribution in [2.24, 2.45) is 17.6 Å². The van der Waals surface area contributed by atoms with Crippen molar-refractivity contribution in [3.05, 3.63) is 72.2 Å². The molecule has 60 heavy (non-hydrogen) atoms. The molecule has 1 saturated carbocycles. The molecule has 5 N–H and O–H groups in total. The predicted octanol–water partition coefficient (Wildman–Crippen LogP) is 5.30. The van der Waals surface area contributed by atoms with Crippen LogP contribution in [0.3, 0.4) is 0 Å². The zero-order valence-corrected chi connectivity index (χ0v) is 33.2. The van der Waals surface area contributed by atoms with E-state index in [1.165, 1.54) is 6.07 Å². The predicted molar refractivity (Wildman–Crippen MR) is 210 cm³/mol. The van der Waals surface area contributed by atoms with E-state index in [1.807, 2.05) is 12.1 Å². The first-order valence-electron chi connectivity index (χ1n) is 19.2. The second kappa shape index (κ2) is 19.8. The number of carbonyl (C=O) groups is 4. The molecule has 1 aliphatic carbocycles. The number of amides is 3. The Morgan fingerprint density at radius 2 is 1.65 bits per heavy atom. The van der Waals surface area contributed by atoms with Crippen molar-refractivity contribution in [3.8, 4) is 22.5 Å².